The number of carboxylic acid groups (broad SMARTS) is 2. The second-order valence-electron chi connectivity index (χ2n) is 21.5. The standard InChI is InChI=1S/C29H33BFN3O6.C28H32BFN4O6.CH4/c1-2-27-20-7-6-19(14-23(20)30(38)40-27)39-13-3-8-32-9-11-33(12-10-32)26-16-25-21(15-24(26)31)28(35)22(29(36)37)17-34(25)18-4-5-18;30-21-13-19-22(34(17-5-6-17)16-20(27(19)35)28(36)37)14-23(21)33-10-8-32(9-11-33)7-2-12-39-24-4-1-3-18-25(15-31)40-29(38)26(18)24;/h6-7,14-18,27,38H,2-5,8-13H2,1H3,(H,36,37);1,3-4,13-14,16-17,25,38H,2,5-12,15,31H2,(H,36,37);1H4/t27-;25-;/m11./s1. The first-order chi connectivity index (χ1) is 38.7. The number of pyridine rings is 2. The molecule has 19 nitrogen and oxygen atoms in total. The van der Waals surface area contributed by atoms with Crippen LogP contribution in [0.1, 0.15) is 115 Å². The van der Waals surface area contributed by atoms with Gasteiger partial charge < -0.3 is 63.7 Å². The minimum absolute atomic E-state index is 0. The second-order valence-corrected chi connectivity index (χ2v) is 21.5. The van der Waals surface area contributed by atoms with Crippen molar-refractivity contribution in [1.29, 1.82) is 0 Å². The fraction of sp³-hybridized carbons (Fsp3) is 0.448. The number of carbonyl (C=O) groups is 2. The highest BCUT2D eigenvalue weighted by Gasteiger charge is 2.38. The van der Waals surface area contributed by atoms with Gasteiger partial charge in [-0.3, -0.25) is 19.4 Å². The molecule has 6 aliphatic rings. The van der Waals surface area contributed by atoms with Gasteiger partial charge in [0, 0.05) is 113 Å². The maximum Gasteiger partial charge on any atom is 0.495 e. The van der Waals surface area contributed by atoms with Crippen molar-refractivity contribution in [3.8, 4) is 11.5 Å². The van der Waals surface area contributed by atoms with Gasteiger partial charge in [0.25, 0.3) is 0 Å². The Labute approximate surface area is 468 Å². The zero-order valence-corrected chi connectivity index (χ0v) is 44.6. The van der Waals surface area contributed by atoms with Gasteiger partial charge in [0.15, 0.2) is 0 Å². The second kappa shape index (κ2) is 24.3. The summed E-state index contributed by atoms with van der Waals surface area (Å²) >= 11 is 0. The number of nitrogens with two attached hydrogens (primary N) is 1. The average molecular weight is 1120 g/mol. The summed E-state index contributed by atoms with van der Waals surface area (Å²) in [7, 11) is -1.95. The van der Waals surface area contributed by atoms with Gasteiger partial charge in [0.2, 0.25) is 10.9 Å². The Morgan fingerprint density at radius 3 is 1.65 bits per heavy atom. The van der Waals surface area contributed by atoms with Crippen LogP contribution < -0.4 is 46.8 Å². The van der Waals surface area contributed by atoms with Crippen LogP contribution in [0.15, 0.2) is 82.6 Å². The quantitative estimate of drug-likeness (QED) is 0.0560. The first kappa shape index (κ1) is 57.4. The van der Waals surface area contributed by atoms with Gasteiger partial charge in [-0.25, -0.2) is 18.4 Å². The molecule has 81 heavy (non-hydrogen) atoms. The molecule has 12 rings (SSSR count). The number of rotatable bonds is 18. The normalized spacial score (nSPS) is 19.1. The van der Waals surface area contributed by atoms with Crippen LogP contribution >= 0.6 is 0 Å². The predicted octanol–water partition coefficient (Wildman–Crippen LogP) is 5.05. The smallest absolute Gasteiger partial charge is 0.494 e. The van der Waals surface area contributed by atoms with E-state index in [2.05, 4.69) is 9.80 Å². The van der Waals surface area contributed by atoms with E-state index in [4.69, 9.17) is 24.5 Å². The van der Waals surface area contributed by atoms with Gasteiger partial charge in [-0.05, 0) is 104 Å². The number of ether oxygens (including phenoxy) is 2. The van der Waals surface area contributed by atoms with Gasteiger partial charge in [0.05, 0.1) is 47.8 Å². The molecule has 0 unspecified atom stereocenters. The van der Waals surface area contributed by atoms with Crippen LogP contribution in [-0.2, 0) is 9.31 Å². The van der Waals surface area contributed by atoms with E-state index in [0.29, 0.717) is 73.0 Å². The molecule has 23 heteroatoms. The van der Waals surface area contributed by atoms with E-state index in [1.54, 1.807) is 12.1 Å². The van der Waals surface area contributed by atoms with Crippen LogP contribution in [0, 0.1) is 11.6 Å². The number of anilines is 2. The molecule has 0 bridgehead atoms. The number of hydrogen-bond donors (Lipinski definition) is 5. The van der Waals surface area contributed by atoms with E-state index in [1.165, 1.54) is 24.5 Å². The maximum absolute atomic E-state index is 15.2. The predicted molar refractivity (Wildman–Crippen MR) is 306 cm³/mol. The number of hydrogen-bond acceptors (Lipinski definition) is 15. The number of aromatic nitrogens is 2. The zero-order chi connectivity index (χ0) is 55.9. The van der Waals surface area contributed by atoms with E-state index < -0.39 is 48.7 Å². The summed E-state index contributed by atoms with van der Waals surface area (Å²) in [5.41, 5.74) is 9.14. The highest BCUT2D eigenvalue weighted by atomic mass is 19.1. The van der Waals surface area contributed by atoms with Crippen LogP contribution in [-0.4, -0.2) is 151 Å². The molecular weight excluding hydrogens is 1050 g/mol. The largest absolute Gasteiger partial charge is 0.495 e. The zero-order valence-electron chi connectivity index (χ0n) is 44.6. The Morgan fingerprint density at radius 2 is 1.17 bits per heavy atom. The molecule has 6 aromatic rings. The van der Waals surface area contributed by atoms with Gasteiger partial charge in [0.1, 0.15) is 34.3 Å². The molecule has 2 aromatic heterocycles. The lowest BCUT2D eigenvalue weighted by Crippen LogP contribution is -2.47. The van der Waals surface area contributed by atoms with E-state index in [9.17, 15) is 39.4 Å². The molecule has 6 N–H and O–H groups in total. The van der Waals surface area contributed by atoms with Crippen molar-refractivity contribution in [2.24, 2.45) is 5.73 Å². The molecule has 0 amide bonds. The Bertz CT molecular complexity index is 3460. The van der Waals surface area contributed by atoms with Crippen LogP contribution in [0.5, 0.6) is 11.5 Å². The van der Waals surface area contributed by atoms with E-state index in [0.717, 1.165) is 107 Å². The van der Waals surface area contributed by atoms with Crippen molar-refractivity contribution < 1.29 is 57.4 Å². The minimum atomic E-state index is -1.30. The number of piperazine rings is 2. The number of fused-ring (bicyclic) bond motifs is 4. The number of carboxylic acids is 2. The van der Waals surface area contributed by atoms with Crippen molar-refractivity contribution >= 4 is 70.3 Å². The number of halogens is 2. The summed E-state index contributed by atoms with van der Waals surface area (Å²) in [6, 6.07) is 17.4. The van der Waals surface area contributed by atoms with Crippen molar-refractivity contribution in [3.63, 3.8) is 0 Å². The van der Waals surface area contributed by atoms with Crippen LogP contribution in [0.25, 0.3) is 21.8 Å². The summed E-state index contributed by atoms with van der Waals surface area (Å²) < 4.78 is 57.1. The number of aromatic carboxylic acids is 2. The average Bonchev–Trinajstić information content (AvgIpc) is 4.54. The molecule has 2 saturated heterocycles. The van der Waals surface area contributed by atoms with Gasteiger partial charge in [-0.15, -0.1) is 0 Å². The molecular formula is C58H69B2F2N7O12. The Hall–Kier alpha value is -6.85. The van der Waals surface area contributed by atoms with Crippen molar-refractivity contribution in [2.75, 3.05) is 95.0 Å². The van der Waals surface area contributed by atoms with Crippen LogP contribution in [0.4, 0.5) is 20.2 Å². The van der Waals surface area contributed by atoms with Crippen LogP contribution in [0.3, 0.4) is 0 Å². The lowest BCUT2D eigenvalue weighted by atomic mass is 9.78. The SMILES string of the molecule is C.CC[C@H]1OB(O)c2cc(OCCCN3CCN(c4cc5c(cc4F)c(=O)c(C(=O)O)cn5C4CC4)CC3)ccc21.NC[C@H]1OB(O)c2c(OCCCN3CCN(c4cc5c(cc4F)c(=O)c(C(=O)O)cn5C4CC4)CC3)cccc21. The van der Waals surface area contributed by atoms with E-state index >= 15 is 8.78 Å². The highest BCUT2D eigenvalue weighted by molar-refractivity contribution is 6.63. The Balaban J connectivity index is 0.000000180. The van der Waals surface area contributed by atoms with Gasteiger partial charge >= 0.3 is 26.2 Å². The van der Waals surface area contributed by atoms with Crippen molar-refractivity contribution in [2.45, 2.75) is 83.6 Å². The Morgan fingerprint density at radius 1 is 0.667 bits per heavy atom. The van der Waals surface area contributed by atoms with Gasteiger partial charge in [-0.1, -0.05) is 32.5 Å². The first-order valence-corrected chi connectivity index (χ1v) is 27.8. The molecule has 428 valence electrons. The molecule has 0 radical (unpaired) electrons. The molecule has 4 aromatic carbocycles. The minimum Gasteiger partial charge on any atom is -0.494 e. The monoisotopic (exact) mass is 1120 g/mol. The topological polar surface area (TPSA) is 235 Å². The lowest BCUT2D eigenvalue weighted by Gasteiger charge is -2.36. The molecule has 4 aliphatic heterocycles. The third-order valence-electron chi connectivity index (χ3n) is 16.3. The molecule has 4 fully saturated rings. The molecule has 2 aliphatic carbocycles. The molecule has 2 atom stereocenters. The molecule has 6 heterocycles. The lowest BCUT2D eigenvalue weighted by molar-refractivity contribution is 0.0684. The summed E-state index contributed by atoms with van der Waals surface area (Å²) in [5.74, 6) is -2.29. The van der Waals surface area contributed by atoms with E-state index in [-0.39, 0.29) is 60.2 Å². The maximum atomic E-state index is 15.2. The molecule has 2 saturated carbocycles. The first-order valence-electron chi connectivity index (χ1n) is 27.8. The number of nitrogens with zero attached hydrogens (tertiary/aromatic N) is 6. The fourth-order valence-corrected chi connectivity index (χ4v) is 11.7. The number of benzene rings is 4. The van der Waals surface area contributed by atoms with E-state index in [1.807, 2.05) is 62.3 Å². The van der Waals surface area contributed by atoms with Gasteiger partial charge in [-0.2, -0.15) is 0 Å². The molecule has 0 spiro atoms. The highest BCUT2D eigenvalue weighted by Crippen LogP contribution is 2.40. The van der Waals surface area contributed by atoms with Crippen LogP contribution in [0.2, 0.25) is 0 Å². The Kier molecular flexibility index (Phi) is 17.2. The third-order valence-corrected chi connectivity index (χ3v) is 16.3. The summed E-state index contributed by atoms with van der Waals surface area (Å²) in [6.45, 7) is 10.6. The summed E-state index contributed by atoms with van der Waals surface area (Å²) in [4.78, 5) is 57.3. The van der Waals surface area contributed by atoms with Crippen molar-refractivity contribution in [3.05, 3.63) is 127 Å². The summed E-state index contributed by atoms with van der Waals surface area (Å²) in [6.07, 6.45) is 8.45. The third kappa shape index (κ3) is 11.9. The van der Waals surface area contributed by atoms with Crippen molar-refractivity contribution in [1.82, 2.24) is 18.9 Å². The summed E-state index contributed by atoms with van der Waals surface area (Å²) in [5, 5.41) is 39.6. The fourth-order valence-electron chi connectivity index (χ4n) is 11.7.